The van der Waals surface area contributed by atoms with Gasteiger partial charge in [-0.15, -0.1) is 34.4 Å². The van der Waals surface area contributed by atoms with Crippen molar-refractivity contribution >= 4 is 46.0 Å². The van der Waals surface area contributed by atoms with E-state index < -0.39 is 0 Å². The lowest BCUT2D eigenvalue weighted by atomic mass is 10.5. The second-order valence-electron chi connectivity index (χ2n) is 3.72. The summed E-state index contributed by atoms with van der Waals surface area (Å²) in [7, 11) is 0. The minimum absolute atomic E-state index is 0.665. The van der Waals surface area contributed by atoms with Gasteiger partial charge < -0.3 is 0 Å². The molecule has 6 heteroatoms. The third-order valence-corrected chi connectivity index (χ3v) is 5.48. The van der Waals surface area contributed by atoms with Crippen LogP contribution in [0.5, 0.6) is 0 Å². The maximum atomic E-state index is 5.81. The van der Waals surface area contributed by atoms with Crippen LogP contribution in [0.1, 0.15) is 5.69 Å². The van der Waals surface area contributed by atoms with Gasteiger partial charge in [-0.3, -0.25) is 0 Å². The Kier molecular flexibility index (Phi) is 4.18. The third-order valence-electron chi connectivity index (χ3n) is 2.35. The van der Waals surface area contributed by atoms with Crippen LogP contribution in [0.25, 0.3) is 9.88 Å². The Morgan fingerprint density at radius 1 is 1.21 bits per heavy atom. The summed E-state index contributed by atoms with van der Waals surface area (Å²) >= 11 is 10.9. The van der Waals surface area contributed by atoms with Gasteiger partial charge in [0.25, 0.3) is 0 Å². The Bertz CT molecular complexity index is 647. The van der Waals surface area contributed by atoms with Crippen LogP contribution in [0.4, 0.5) is 0 Å². The van der Waals surface area contributed by atoms with Gasteiger partial charge in [0.1, 0.15) is 5.01 Å². The van der Waals surface area contributed by atoms with Gasteiger partial charge in [0.05, 0.1) is 20.6 Å². The SMILES string of the molecule is Clc1ccc(SCc2csc(-c3cccs3)n2)nc1. The van der Waals surface area contributed by atoms with Crippen molar-refractivity contribution in [1.29, 1.82) is 0 Å². The fourth-order valence-corrected chi connectivity index (χ4v) is 4.07. The number of aromatic nitrogens is 2. The number of hydrogen-bond acceptors (Lipinski definition) is 5. The molecule has 0 unspecified atom stereocenters. The van der Waals surface area contributed by atoms with Gasteiger partial charge >= 0.3 is 0 Å². The van der Waals surface area contributed by atoms with E-state index in [0.717, 1.165) is 21.5 Å². The molecule has 0 radical (unpaired) electrons. The first-order valence-corrected chi connectivity index (χ1v) is 8.66. The first kappa shape index (κ1) is 13.1. The predicted molar refractivity (Wildman–Crippen MR) is 84.2 cm³/mol. The average Bonchev–Trinajstić information content (AvgIpc) is 3.09. The van der Waals surface area contributed by atoms with Gasteiger partial charge in [-0.25, -0.2) is 9.97 Å². The highest BCUT2D eigenvalue weighted by Gasteiger charge is 2.06. The molecule has 0 saturated heterocycles. The minimum atomic E-state index is 0.665. The van der Waals surface area contributed by atoms with E-state index in [2.05, 4.69) is 26.8 Å². The summed E-state index contributed by atoms with van der Waals surface area (Å²) in [5.41, 5.74) is 1.09. The largest absolute Gasteiger partial charge is 0.248 e. The van der Waals surface area contributed by atoms with Gasteiger partial charge in [0, 0.05) is 17.3 Å². The maximum Gasteiger partial charge on any atom is 0.133 e. The summed E-state index contributed by atoms with van der Waals surface area (Å²) < 4.78 is 0. The molecule has 96 valence electrons. The zero-order valence-electron chi connectivity index (χ0n) is 9.75. The normalized spacial score (nSPS) is 10.8. The van der Waals surface area contributed by atoms with Crippen molar-refractivity contribution in [3.05, 3.63) is 51.9 Å². The number of hydrogen-bond donors (Lipinski definition) is 0. The molecule has 0 aromatic carbocycles. The molecule has 19 heavy (non-hydrogen) atoms. The number of thiazole rings is 1. The average molecular weight is 325 g/mol. The first-order chi connectivity index (χ1) is 9.31. The fourth-order valence-electron chi connectivity index (χ4n) is 1.48. The summed E-state index contributed by atoms with van der Waals surface area (Å²) in [6, 6.07) is 7.93. The van der Waals surface area contributed by atoms with Crippen molar-refractivity contribution in [2.45, 2.75) is 10.8 Å². The van der Waals surface area contributed by atoms with E-state index in [1.807, 2.05) is 18.2 Å². The second kappa shape index (κ2) is 6.05. The third kappa shape index (κ3) is 3.36. The van der Waals surface area contributed by atoms with Crippen LogP contribution < -0.4 is 0 Å². The molecule has 0 atom stereocenters. The van der Waals surface area contributed by atoms with Gasteiger partial charge in [-0.05, 0) is 23.6 Å². The highest BCUT2D eigenvalue weighted by molar-refractivity contribution is 7.98. The Hall–Kier alpha value is -0.880. The summed E-state index contributed by atoms with van der Waals surface area (Å²) in [5.74, 6) is 0.830. The lowest BCUT2D eigenvalue weighted by Crippen LogP contribution is -1.83. The molecule has 3 heterocycles. The van der Waals surface area contributed by atoms with Crippen LogP contribution in [0.2, 0.25) is 5.02 Å². The number of nitrogens with zero attached hydrogens (tertiary/aromatic N) is 2. The Morgan fingerprint density at radius 2 is 2.16 bits per heavy atom. The summed E-state index contributed by atoms with van der Waals surface area (Å²) in [6.45, 7) is 0. The lowest BCUT2D eigenvalue weighted by molar-refractivity contribution is 1.13. The molecule has 0 aliphatic heterocycles. The van der Waals surface area contributed by atoms with Gasteiger partial charge in [0.2, 0.25) is 0 Å². The quantitative estimate of drug-likeness (QED) is 0.616. The lowest BCUT2D eigenvalue weighted by Gasteiger charge is -1.98. The summed E-state index contributed by atoms with van der Waals surface area (Å²) in [6.07, 6.45) is 1.67. The number of thioether (sulfide) groups is 1. The van der Waals surface area contributed by atoms with Crippen LogP contribution in [0.3, 0.4) is 0 Å². The number of thiophene rings is 1. The number of rotatable bonds is 4. The smallest absolute Gasteiger partial charge is 0.133 e. The summed E-state index contributed by atoms with van der Waals surface area (Å²) in [4.78, 5) is 10.1. The van der Waals surface area contributed by atoms with E-state index in [-0.39, 0.29) is 0 Å². The van der Waals surface area contributed by atoms with E-state index in [0.29, 0.717) is 5.02 Å². The highest BCUT2D eigenvalue weighted by atomic mass is 35.5. The van der Waals surface area contributed by atoms with Crippen molar-refractivity contribution in [3.8, 4) is 9.88 Å². The molecule has 0 spiro atoms. The maximum absolute atomic E-state index is 5.81. The van der Waals surface area contributed by atoms with E-state index in [1.54, 1.807) is 40.6 Å². The molecule has 2 nitrogen and oxygen atoms in total. The van der Waals surface area contributed by atoms with Crippen LogP contribution in [-0.2, 0) is 5.75 Å². The number of halogens is 1. The van der Waals surface area contributed by atoms with Crippen molar-refractivity contribution in [2.24, 2.45) is 0 Å². The van der Waals surface area contributed by atoms with E-state index >= 15 is 0 Å². The second-order valence-corrected chi connectivity index (χ2v) is 6.96. The molecule has 0 bridgehead atoms. The van der Waals surface area contributed by atoms with E-state index in [9.17, 15) is 0 Å². The van der Waals surface area contributed by atoms with Gasteiger partial charge in [-0.1, -0.05) is 17.7 Å². The zero-order valence-corrected chi connectivity index (χ0v) is 13.0. The van der Waals surface area contributed by atoms with Gasteiger partial charge in [-0.2, -0.15) is 0 Å². The molecule has 0 saturated carbocycles. The monoisotopic (exact) mass is 324 g/mol. The Labute approximate surface area is 128 Å². The van der Waals surface area contributed by atoms with Gasteiger partial charge in [0.15, 0.2) is 0 Å². The molecule has 0 amide bonds. The fraction of sp³-hybridized carbons (Fsp3) is 0.0769. The molecule has 0 aliphatic carbocycles. The molecule has 0 aliphatic rings. The molecular weight excluding hydrogens is 316 g/mol. The molecule has 3 rings (SSSR count). The van der Waals surface area contributed by atoms with Crippen molar-refractivity contribution in [1.82, 2.24) is 9.97 Å². The van der Waals surface area contributed by atoms with Crippen molar-refractivity contribution in [2.75, 3.05) is 0 Å². The van der Waals surface area contributed by atoms with Crippen LogP contribution in [-0.4, -0.2) is 9.97 Å². The first-order valence-electron chi connectivity index (χ1n) is 5.54. The number of pyridine rings is 1. The Morgan fingerprint density at radius 3 is 2.89 bits per heavy atom. The molecule has 0 N–H and O–H groups in total. The molecular formula is C13H9ClN2S3. The molecule has 3 aromatic heterocycles. The predicted octanol–water partition coefficient (Wildman–Crippen LogP) is 5.21. The molecule has 3 aromatic rings. The minimum Gasteiger partial charge on any atom is -0.248 e. The standard InChI is InChI=1S/C13H9ClN2S3/c14-9-3-4-12(15-6-9)18-7-10-8-19-13(16-10)11-2-1-5-17-11/h1-6,8H,7H2. The van der Waals surface area contributed by atoms with Crippen LogP contribution >= 0.6 is 46.0 Å². The van der Waals surface area contributed by atoms with E-state index in [1.165, 1.54) is 4.88 Å². The van der Waals surface area contributed by atoms with Crippen molar-refractivity contribution < 1.29 is 0 Å². The highest BCUT2D eigenvalue weighted by Crippen LogP contribution is 2.30. The van der Waals surface area contributed by atoms with Crippen LogP contribution in [0, 0.1) is 0 Å². The summed E-state index contributed by atoms with van der Waals surface area (Å²) in [5, 5.41) is 6.91. The Balaban J connectivity index is 1.66. The topological polar surface area (TPSA) is 25.8 Å². The zero-order chi connectivity index (χ0) is 13.1. The van der Waals surface area contributed by atoms with E-state index in [4.69, 9.17) is 11.6 Å². The van der Waals surface area contributed by atoms with Crippen LogP contribution in [0.15, 0.2) is 46.2 Å². The molecule has 0 fully saturated rings. The van der Waals surface area contributed by atoms with Crippen molar-refractivity contribution in [3.63, 3.8) is 0 Å².